The number of nitrogens with one attached hydrogen (secondary N) is 1. The predicted octanol–water partition coefficient (Wildman–Crippen LogP) is 3.24. The highest BCUT2D eigenvalue weighted by atomic mass is 32.1. The van der Waals surface area contributed by atoms with E-state index in [2.05, 4.69) is 20.2 Å². The third-order valence-corrected chi connectivity index (χ3v) is 6.02. The van der Waals surface area contributed by atoms with E-state index in [9.17, 15) is 4.79 Å². The van der Waals surface area contributed by atoms with Crippen LogP contribution >= 0.6 is 11.3 Å². The van der Waals surface area contributed by atoms with E-state index >= 15 is 0 Å². The molecular formula is C21H26N6O2S. The number of anilines is 3. The van der Waals surface area contributed by atoms with E-state index in [1.807, 2.05) is 19.9 Å². The molecule has 1 amide bonds. The number of nitrogens with two attached hydrogens (primary N) is 2. The Kier molecular flexibility index (Phi) is 5.74. The molecule has 4 rings (SSSR count). The van der Waals surface area contributed by atoms with Gasteiger partial charge in [-0.3, -0.25) is 14.8 Å². The summed E-state index contributed by atoms with van der Waals surface area (Å²) in [6, 6.07) is 3.81. The standard InChI is InChI=1S/C21H26N6O2S/c1-12(2)29-16-6-8-25-18-17(20(23)30-19(16)18)21(28)26-14-10-24-7-5-15(14)27-9-3-4-13(22)11-27/h5-8,10,12-13H,3-4,9,11,22-23H2,1-2H3,(H,26,28). The summed E-state index contributed by atoms with van der Waals surface area (Å²) in [4.78, 5) is 24.0. The molecule has 1 atom stereocenters. The van der Waals surface area contributed by atoms with Crippen molar-refractivity contribution in [2.24, 2.45) is 5.73 Å². The molecule has 0 aliphatic carbocycles. The zero-order valence-electron chi connectivity index (χ0n) is 17.1. The number of pyridine rings is 2. The lowest BCUT2D eigenvalue weighted by atomic mass is 10.1. The van der Waals surface area contributed by atoms with Gasteiger partial charge in [-0.25, -0.2) is 0 Å². The number of rotatable bonds is 5. The molecule has 0 bridgehead atoms. The van der Waals surface area contributed by atoms with Gasteiger partial charge >= 0.3 is 0 Å². The Labute approximate surface area is 179 Å². The number of hydrogen-bond donors (Lipinski definition) is 3. The molecule has 8 nitrogen and oxygen atoms in total. The number of piperidine rings is 1. The van der Waals surface area contributed by atoms with Gasteiger partial charge in [0.1, 0.15) is 16.3 Å². The third kappa shape index (κ3) is 4.03. The molecule has 30 heavy (non-hydrogen) atoms. The van der Waals surface area contributed by atoms with Crippen LogP contribution in [0.3, 0.4) is 0 Å². The second kappa shape index (κ2) is 8.45. The molecule has 1 unspecified atom stereocenters. The summed E-state index contributed by atoms with van der Waals surface area (Å²) >= 11 is 1.31. The summed E-state index contributed by atoms with van der Waals surface area (Å²) in [6.45, 7) is 5.54. The quantitative estimate of drug-likeness (QED) is 0.573. The summed E-state index contributed by atoms with van der Waals surface area (Å²) in [5, 5.41) is 3.38. The van der Waals surface area contributed by atoms with E-state index < -0.39 is 0 Å². The molecule has 1 aliphatic rings. The minimum absolute atomic E-state index is 0.00469. The van der Waals surface area contributed by atoms with E-state index in [0.717, 1.165) is 36.3 Å². The zero-order chi connectivity index (χ0) is 21.3. The van der Waals surface area contributed by atoms with Gasteiger partial charge in [-0.2, -0.15) is 0 Å². The molecule has 0 aromatic carbocycles. The van der Waals surface area contributed by atoms with Crippen LogP contribution in [0.15, 0.2) is 30.7 Å². The van der Waals surface area contributed by atoms with Crippen molar-refractivity contribution in [3.8, 4) is 5.75 Å². The van der Waals surface area contributed by atoms with Crippen LogP contribution in [0.25, 0.3) is 10.2 Å². The smallest absolute Gasteiger partial charge is 0.260 e. The average Bonchev–Trinajstić information content (AvgIpc) is 3.05. The number of aromatic nitrogens is 2. The van der Waals surface area contributed by atoms with Crippen LogP contribution in [-0.2, 0) is 0 Å². The Balaban J connectivity index is 1.66. The Hall–Kier alpha value is -2.91. The minimum Gasteiger partial charge on any atom is -0.489 e. The van der Waals surface area contributed by atoms with Crippen LogP contribution in [0, 0.1) is 0 Å². The largest absolute Gasteiger partial charge is 0.489 e. The average molecular weight is 427 g/mol. The van der Waals surface area contributed by atoms with Gasteiger partial charge in [-0.05, 0) is 38.8 Å². The number of amides is 1. The molecule has 0 spiro atoms. The van der Waals surface area contributed by atoms with Gasteiger partial charge in [-0.1, -0.05) is 0 Å². The second-order valence-electron chi connectivity index (χ2n) is 7.69. The summed E-state index contributed by atoms with van der Waals surface area (Å²) in [5.74, 6) is 0.360. The molecule has 0 radical (unpaired) electrons. The molecule has 0 saturated carbocycles. The van der Waals surface area contributed by atoms with E-state index in [-0.39, 0.29) is 18.1 Å². The fraction of sp³-hybridized carbons (Fsp3) is 0.381. The number of nitrogens with zero attached hydrogens (tertiary/aromatic N) is 3. The van der Waals surface area contributed by atoms with Crippen molar-refractivity contribution in [1.29, 1.82) is 0 Å². The monoisotopic (exact) mass is 426 g/mol. The summed E-state index contributed by atoms with van der Waals surface area (Å²) in [5.41, 5.74) is 14.8. The van der Waals surface area contributed by atoms with E-state index in [1.165, 1.54) is 11.3 Å². The predicted molar refractivity (Wildman–Crippen MR) is 121 cm³/mol. The first kappa shape index (κ1) is 20.4. The molecular weight excluding hydrogens is 400 g/mol. The van der Waals surface area contributed by atoms with Crippen LogP contribution in [0.1, 0.15) is 37.0 Å². The highest BCUT2D eigenvalue weighted by molar-refractivity contribution is 7.23. The number of nitrogen functional groups attached to an aromatic ring is 1. The number of hydrogen-bond acceptors (Lipinski definition) is 8. The number of fused-ring (bicyclic) bond motifs is 1. The maximum atomic E-state index is 13.2. The molecule has 1 saturated heterocycles. The molecule has 4 heterocycles. The normalized spacial score (nSPS) is 16.8. The molecule has 5 N–H and O–H groups in total. The Bertz CT molecular complexity index is 1070. The van der Waals surface area contributed by atoms with Gasteiger partial charge in [0.15, 0.2) is 0 Å². The number of thiophene rings is 1. The van der Waals surface area contributed by atoms with Crippen LogP contribution in [0.2, 0.25) is 0 Å². The zero-order valence-corrected chi connectivity index (χ0v) is 17.9. The maximum Gasteiger partial charge on any atom is 0.260 e. The van der Waals surface area contributed by atoms with Gasteiger partial charge in [-0.15, -0.1) is 11.3 Å². The molecule has 1 aliphatic heterocycles. The second-order valence-corrected chi connectivity index (χ2v) is 8.74. The highest BCUT2D eigenvalue weighted by Crippen LogP contribution is 2.39. The van der Waals surface area contributed by atoms with E-state index in [0.29, 0.717) is 27.5 Å². The Morgan fingerprint density at radius 3 is 2.97 bits per heavy atom. The van der Waals surface area contributed by atoms with Crippen molar-refractivity contribution in [3.63, 3.8) is 0 Å². The van der Waals surface area contributed by atoms with Crippen LogP contribution < -0.4 is 26.4 Å². The van der Waals surface area contributed by atoms with Gasteiger partial charge in [0.2, 0.25) is 0 Å². The van der Waals surface area contributed by atoms with Crippen LogP contribution in [0.4, 0.5) is 16.4 Å². The number of carbonyl (C=O) groups is 1. The van der Waals surface area contributed by atoms with E-state index in [1.54, 1.807) is 24.7 Å². The number of ether oxygens (including phenoxy) is 1. The van der Waals surface area contributed by atoms with Crippen LogP contribution in [0.5, 0.6) is 5.75 Å². The third-order valence-electron chi connectivity index (χ3n) is 5.00. The Morgan fingerprint density at radius 1 is 1.37 bits per heavy atom. The highest BCUT2D eigenvalue weighted by Gasteiger charge is 2.24. The first-order valence-corrected chi connectivity index (χ1v) is 10.8. The first-order valence-electron chi connectivity index (χ1n) is 10.0. The summed E-state index contributed by atoms with van der Waals surface area (Å²) in [6.07, 6.45) is 7.03. The van der Waals surface area contributed by atoms with Crippen molar-refractivity contribution in [3.05, 3.63) is 36.3 Å². The lowest BCUT2D eigenvalue weighted by molar-refractivity contribution is 0.102. The Morgan fingerprint density at radius 2 is 2.20 bits per heavy atom. The number of carbonyl (C=O) groups excluding carboxylic acids is 1. The summed E-state index contributed by atoms with van der Waals surface area (Å²) in [7, 11) is 0. The molecule has 3 aromatic heterocycles. The van der Waals surface area contributed by atoms with Crippen LogP contribution in [-0.4, -0.2) is 41.1 Å². The van der Waals surface area contributed by atoms with Crippen molar-refractivity contribution in [2.75, 3.05) is 29.0 Å². The fourth-order valence-corrected chi connectivity index (χ4v) is 4.70. The SMILES string of the molecule is CC(C)Oc1ccnc2c(C(=O)Nc3cnccc3N3CCCC(N)C3)c(N)sc12. The lowest BCUT2D eigenvalue weighted by Gasteiger charge is -2.33. The van der Waals surface area contributed by atoms with Gasteiger partial charge in [0.25, 0.3) is 5.91 Å². The van der Waals surface area contributed by atoms with Crippen molar-refractivity contribution < 1.29 is 9.53 Å². The topological polar surface area (TPSA) is 119 Å². The van der Waals surface area contributed by atoms with Crippen molar-refractivity contribution in [1.82, 2.24) is 9.97 Å². The van der Waals surface area contributed by atoms with Gasteiger partial charge < -0.3 is 26.4 Å². The lowest BCUT2D eigenvalue weighted by Crippen LogP contribution is -2.43. The molecule has 3 aromatic rings. The van der Waals surface area contributed by atoms with Gasteiger partial charge in [0.05, 0.1) is 33.9 Å². The fourth-order valence-electron chi connectivity index (χ4n) is 3.72. The minimum atomic E-state index is -0.316. The summed E-state index contributed by atoms with van der Waals surface area (Å²) < 4.78 is 6.62. The molecule has 1 fully saturated rings. The van der Waals surface area contributed by atoms with E-state index in [4.69, 9.17) is 16.2 Å². The van der Waals surface area contributed by atoms with Crippen molar-refractivity contribution in [2.45, 2.75) is 38.8 Å². The van der Waals surface area contributed by atoms with Gasteiger partial charge in [0, 0.05) is 31.5 Å². The maximum absolute atomic E-state index is 13.2. The molecule has 9 heteroatoms. The molecule has 158 valence electrons. The first-order chi connectivity index (χ1) is 14.4. The van der Waals surface area contributed by atoms with Crippen molar-refractivity contribution >= 4 is 43.8 Å².